The van der Waals surface area contributed by atoms with E-state index in [1.54, 1.807) is 64.2 Å². The van der Waals surface area contributed by atoms with Gasteiger partial charge in [-0.05, 0) is 193 Å². The van der Waals surface area contributed by atoms with Gasteiger partial charge in [-0.3, -0.25) is 29.3 Å². The maximum absolute atomic E-state index is 13.8. The third-order valence-electron chi connectivity index (χ3n) is 23.7. The highest BCUT2D eigenvalue weighted by Gasteiger charge is 2.35. The van der Waals surface area contributed by atoms with Crippen LogP contribution in [0.15, 0.2) is 224 Å². The molecule has 3 aliphatic heterocycles. The lowest BCUT2D eigenvalue weighted by molar-refractivity contribution is -0.133. The fourth-order valence-electron chi connectivity index (χ4n) is 17.4. The van der Waals surface area contributed by atoms with E-state index in [0.717, 1.165) is 167 Å². The summed E-state index contributed by atoms with van der Waals surface area (Å²) in [5.41, 5.74) is 19.5. The van der Waals surface area contributed by atoms with Crippen molar-refractivity contribution < 1.29 is 57.7 Å². The van der Waals surface area contributed by atoms with Gasteiger partial charge in [-0.2, -0.15) is 0 Å². The number of hydrogen-bond donors (Lipinski definition) is 5. The predicted octanol–water partition coefficient (Wildman–Crippen LogP) is 16.0. The number of halogens is 1. The van der Waals surface area contributed by atoms with Gasteiger partial charge in [0.15, 0.2) is 0 Å². The smallest absolute Gasteiger partial charge is 0.444 e. The Kier molecular flexibility index (Phi) is 37.1. The molecule has 6 N–H and O–H groups in total. The molecule has 3 fully saturated rings. The average molecular weight is 1860 g/mol. The Balaban J connectivity index is 0.000000171. The molecule has 0 aliphatic carbocycles. The molecular weight excluding hydrogens is 1730 g/mol. The minimum atomic E-state index is -1.34. The Morgan fingerprint density at radius 1 is 0.439 bits per heavy atom. The fraction of sp³-hybridized carbons (Fsp3) is 0.427. The van der Waals surface area contributed by atoms with Crippen LogP contribution in [-0.2, 0) is 77.0 Å². The van der Waals surface area contributed by atoms with Gasteiger partial charge < -0.3 is 78.5 Å². The van der Waals surface area contributed by atoms with E-state index >= 15 is 0 Å². The number of nitrogens with one attached hydrogen (secondary N) is 2. The number of hydrogen-bond acceptors (Lipinski definition) is 19. The second-order valence-electron chi connectivity index (χ2n) is 36.2. The van der Waals surface area contributed by atoms with E-state index in [2.05, 4.69) is 128 Å². The van der Waals surface area contributed by atoms with Crippen LogP contribution in [0.2, 0.25) is 0 Å². The van der Waals surface area contributed by atoms with E-state index in [1.807, 2.05) is 160 Å². The summed E-state index contributed by atoms with van der Waals surface area (Å²) in [6.45, 7) is 19.4. The van der Waals surface area contributed by atoms with E-state index < -0.39 is 42.6 Å². The number of piperidine rings is 3. The molecule has 6 atom stereocenters. The number of pyridine rings is 3. The van der Waals surface area contributed by atoms with Crippen LogP contribution in [0.3, 0.4) is 0 Å². The summed E-state index contributed by atoms with van der Waals surface area (Å²) in [5, 5.41) is 23.1. The first-order chi connectivity index (χ1) is 63.7. The van der Waals surface area contributed by atoms with E-state index in [9.17, 15) is 24.0 Å². The molecule has 29 heteroatoms. The molecule has 0 saturated carbocycles. The van der Waals surface area contributed by atoms with Crippen molar-refractivity contribution in [3.8, 4) is 22.3 Å². The monoisotopic (exact) mass is 1860 g/mol. The first-order valence-corrected chi connectivity index (χ1v) is 46.9. The van der Waals surface area contributed by atoms with E-state index in [-0.39, 0.29) is 54.4 Å². The molecule has 698 valence electrons. The minimum absolute atomic E-state index is 0.0189. The Morgan fingerprint density at radius 3 is 1.08 bits per heavy atom. The minimum Gasteiger partial charge on any atom is -0.444 e. The van der Waals surface area contributed by atoms with Crippen LogP contribution < -0.4 is 21.8 Å². The van der Waals surface area contributed by atoms with Crippen molar-refractivity contribution in [1.29, 1.82) is 0 Å². The Bertz CT molecular complexity index is 5620. The molecule has 9 heterocycles. The third kappa shape index (κ3) is 29.7. The second-order valence-corrected chi connectivity index (χ2v) is 37.2. The summed E-state index contributed by atoms with van der Waals surface area (Å²) in [7, 11) is 3.81. The highest BCUT2D eigenvalue weighted by Crippen LogP contribution is 2.35. The molecule has 3 aliphatic rings. The van der Waals surface area contributed by atoms with Crippen molar-refractivity contribution in [2.24, 2.45) is 5.73 Å². The molecule has 15 rings (SSSR count). The summed E-state index contributed by atoms with van der Waals surface area (Å²) >= 11 is 3.47. The number of amides is 5. The first kappa shape index (κ1) is 99.4. The number of carbonyl (C=O) groups is 5. The molecular formula is C103H129BBrN15O12. The summed E-state index contributed by atoms with van der Waals surface area (Å²) in [4.78, 5) is 100. The Hall–Kier alpha value is -11.6. The molecule has 132 heavy (non-hydrogen) atoms. The molecule has 5 amide bonds. The van der Waals surface area contributed by atoms with Crippen molar-refractivity contribution in [1.82, 2.24) is 68.9 Å². The summed E-state index contributed by atoms with van der Waals surface area (Å²) in [6.07, 6.45) is 20.7. The van der Waals surface area contributed by atoms with Crippen molar-refractivity contribution >= 4 is 91.5 Å². The van der Waals surface area contributed by atoms with Crippen LogP contribution in [0.25, 0.3) is 55.4 Å². The molecule has 6 aromatic carbocycles. The molecule has 0 bridgehead atoms. The van der Waals surface area contributed by atoms with Gasteiger partial charge in [0.1, 0.15) is 28.7 Å². The van der Waals surface area contributed by atoms with Crippen molar-refractivity contribution in [2.45, 2.75) is 205 Å². The lowest BCUT2D eigenvalue weighted by atomic mass is 9.81. The van der Waals surface area contributed by atoms with Gasteiger partial charge in [0.25, 0.3) is 0 Å². The summed E-state index contributed by atoms with van der Waals surface area (Å²) in [5.74, 6) is 3.64. The van der Waals surface area contributed by atoms with E-state index in [4.69, 9.17) is 54.4 Å². The number of carbonyl (C=O) groups excluding carboxylic acids is 5. The lowest BCUT2D eigenvalue weighted by Crippen LogP contribution is -2.46. The van der Waals surface area contributed by atoms with Gasteiger partial charge in [0.2, 0.25) is 17.7 Å². The molecule has 0 radical (unpaired) electrons. The van der Waals surface area contributed by atoms with Crippen LogP contribution in [0.1, 0.15) is 171 Å². The number of fused-ring (bicyclic) bond motifs is 3. The fourth-order valence-corrected chi connectivity index (χ4v) is 17.7. The first-order valence-electron chi connectivity index (χ1n) is 46.1. The van der Waals surface area contributed by atoms with E-state index in [1.165, 1.54) is 11.1 Å². The second kappa shape index (κ2) is 49.2. The number of aromatic nitrogens is 9. The van der Waals surface area contributed by atoms with Gasteiger partial charge in [-0.15, -0.1) is 0 Å². The van der Waals surface area contributed by atoms with Crippen LogP contribution in [0.5, 0.6) is 0 Å². The van der Waals surface area contributed by atoms with Crippen molar-refractivity contribution in [3.05, 3.63) is 258 Å². The number of ether oxygens (including phenoxy) is 5. The Morgan fingerprint density at radius 2 is 0.758 bits per heavy atom. The number of aryl methyl sites for hydroxylation is 3. The number of rotatable bonds is 32. The van der Waals surface area contributed by atoms with Gasteiger partial charge in [0.05, 0.1) is 51.7 Å². The van der Waals surface area contributed by atoms with Crippen molar-refractivity contribution in [2.75, 3.05) is 80.4 Å². The maximum Gasteiger partial charge on any atom is 0.488 e. The quantitative estimate of drug-likeness (QED) is 0.0193. The number of nitrogens with zero attached hydrogens (tertiary/aromatic N) is 12. The SMILES string of the molecule is COCCCn1c([C@@H]2CCCN(C(=O)C[C@@H](Cc3ccc(-c4ccccc4)cc3)NC(=O)OC(C)(C)C)C2)nc2ccncc21.COCCCn1c([C@@H]2CCCN(C(=O)C[C@@H](Cc3ccc(Br)cc3)NC(=O)OC(C)(C)C)C2)nc2ccncc21.COCCCn1c([C@@H]2CCCN(C(=O)C[C@H](N)Cc3ccc(-c4ccccc4)cc3)C2)nc2ccncc21.OB(O)c1ccccc1. The van der Waals surface area contributed by atoms with Crippen LogP contribution in [0, 0.1) is 0 Å². The van der Waals surface area contributed by atoms with Gasteiger partial charge >= 0.3 is 19.3 Å². The average Bonchev–Trinajstić information content (AvgIpc) is 1.64. The van der Waals surface area contributed by atoms with Gasteiger partial charge in [-0.25, -0.2) is 24.5 Å². The topological polar surface area (TPSA) is 324 Å². The molecule has 3 saturated heterocycles. The normalized spacial score (nSPS) is 15.9. The van der Waals surface area contributed by atoms with Gasteiger partial charge in [0, 0.05) is 178 Å². The zero-order valence-corrected chi connectivity index (χ0v) is 79.3. The molecule has 0 spiro atoms. The number of benzene rings is 6. The van der Waals surface area contributed by atoms with Crippen LogP contribution in [0.4, 0.5) is 9.59 Å². The zero-order chi connectivity index (χ0) is 93.5. The highest BCUT2D eigenvalue weighted by atomic mass is 79.9. The largest absolute Gasteiger partial charge is 0.488 e. The summed E-state index contributed by atoms with van der Waals surface area (Å²) in [6, 6.07) is 58.7. The molecule has 0 unspecified atom stereocenters. The maximum atomic E-state index is 13.8. The molecule has 12 aromatic rings. The lowest BCUT2D eigenvalue weighted by Gasteiger charge is -2.34. The van der Waals surface area contributed by atoms with E-state index in [0.29, 0.717) is 83.7 Å². The number of likely N-dealkylation sites (tertiary alicyclic amines) is 3. The molecule has 6 aromatic heterocycles. The van der Waals surface area contributed by atoms with Crippen molar-refractivity contribution in [3.63, 3.8) is 0 Å². The number of nitrogens with two attached hydrogens (primary N) is 1. The predicted molar refractivity (Wildman–Crippen MR) is 521 cm³/mol. The number of methoxy groups -OCH3 is 3. The number of imidazole rings is 3. The van der Waals surface area contributed by atoms with Crippen LogP contribution in [-0.4, -0.2) is 215 Å². The molecule has 27 nitrogen and oxygen atoms in total. The number of alkyl carbamates (subject to hydrolysis) is 2. The third-order valence-corrected chi connectivity index (χ3v) is 24.2. The zero-order valence-electron chi connectivity index (χ0n) is 77.7. The highest BCUT2D eigenvalue weighted by molar-refractivity contribution is 9.10. The van der Waals surface area contributed by atoms with Crippen LogP contribution >= 0.6 is 15.9 Å². The Labute approximate surface area is 784 Å². The standard InChI is InChI=1S/C36H45N5O4.C31H37N5O2.C30H40BrN5O4.C6H7BO2/c1-36(2,3)45-35(43)38-30(22-26-13-15-28(16-14-26)27-10-6-5-7-11-27)23-33(42)40-19-8-12-29(25-40)34-39-31-17-18-37-24-32(31)41(34)20-9-21-44-4;1-38-18-6-17-36-29-21-33-15-14-28(29)34-31(36)26-9-5-16-35(22-26)30(37)20-27(32)19-23-10-12-25(13-11-23)24-7-3-2-4-8-24;1-30(2,3)40-29(38)33-24(17-21-8-10-23(31)11-9-21)18-27(37)35-14-5-7-22(20-35)28-34-25-12-13-32-19-26(25)36(28)15-6-16-39-4;8-7(9)6-4-2-1-3-5-6/h5-7,10-11,13-18,24,29-30H,8-9,12,19-23,25H2,1-4H3,(H,38,43);2-4,7-8,10-15,21,26-27H,5-6,9,16-20,22,32H2,1H3;8-13,19,22,24H,5-7,14-18,20H2,1-4H3,(H,33,38);1-5,8-9H/t29-,30-;26-,27-;22-,24-;/m111./s1. The van der Waals surface area contributed by atoms with Gasteiger partial charge in [-0.1, -0.05) is 168 Å². The summed E-state index contributed by atoms with van der Waals surface area (Å²) < 4.78 is 34.7.